The quantitative estimate of drug-likeness (QED) is 0.778. The van der Waals surface area contributed by atoms with Crippen molar-refractivity contribution < 1.29 is 0 Å². The van der Waals surface area contributed by atoms with E-state index >= 15 is 0 Å². The summed E-state index contributed by atoms with van der Waals surface area (Å²) >= 11 is 1.71. The average Bonchev–Trinajstić information content (AvgIpc) is 2.56. The summed E-state index contributed by atoms with van der Waals surface area (Å²) in [5, 5.41) is 6.67. The Balaban J connectivity index is 2.44. The van der Waals surface area contributed by atoms with Crippen LogP contribution in [-0.4, -0.2) is 11.0 Å². The number of rotatable bonds is 4. The molecule has 0 radical (unpaired) electrons. The van der Waals surface area contributed by atoms with Crippen molar-refractivity contribution >= 4 is 11.3 Å². The van der Waals surface area contributed by atoms with Gasteiger partial charge in [-0.15, -0.1) is 11.3 Å². The Morgan fingerprint density at radius 3 is 2.83 bits per heavy atom. The van der Waals surface area contributed by atoms with E-state index in [4.69, 9.17) is 0 Å². The lowest BCUT2D eigenvalue weighted by Crippen LogP contribution is -2.27. The van der Waals surface area contributed by atoms with Gasteiger partial charge in [0.15, 0.2) is 0 Å². The molecule has 68 valence electrons. The molecule has 1 aromatic rings. The Morgan fingerprint density at radius 2 is 2.33 bits per heavy atom. The van der Waals surface area contributed by atoms with Crippen LogP contribution in [0, 0.1) is 0 Å². The average molecular weight is 184 g/mol. The molecule has 3 heteroatoms. The molecule has 12 heavy (non-hydrogen) atoms. The lowest BCUT2D eigenvalue weighted by atomic mass is 10.2. The molecule has 1 heterocycles. The van der Waals surface area contributed by atoms with Gasteiger partial charge in [-0.3, -0.25) is 0 Å². The van der Waals surface area contributed by atoms with E-state index in [2.05, 4.69) is 31.1 Å². The molecule has 1 N–H and O–H groups in total. The largest absolute Gasteiger partial charge is 0.306 e. The molecule has 0 spiro atoms. The van der Waals surface area contributed by atoms with Crippen molar-refractivity contribution in [3.63, 3.8) is 0 Å². The van der Waals surface area contributed by atoms with Crippen molar-refractivity contribution in [2.24, 2.45) is 0 Å². The summed E-state index contributed by atoms with van der Waals surface area (Å²) in [4.78, 5) is 4.26. The molecule has 1 rings (SSSR count). The maximum atomic E-state index is 4.26. The smallest absolute Gasteiger partial charge is 0.109 e. The summed E-state index contributed by atoms with van der Waals surface area (Å²) in [5.74, 6) is 0. The van der Waals surface area contributed by atoms with Crippen LogP contribution in [0.3, 0.4) is 0 Å². The van der Waals surface area contributed by atoms with Gasteiger partial charge < -0.3 is 5.32 Å². The maximum Gasteiger partial charge on any atom is 0.109 e. The van der Waals surface area contributed by atoms with Crippen molar-refractivity contribution in [1.29, 1.82) is 0 Å². The van der Waals surface area contributed by atoms with E-state index in [-0.39, 0.29) is 0 Å². The Kier molecular flexibility index (Phi) is 3.69. The van der Waals surface area contributed by atoms with Crippen LogP contribution in [-0.2, 0) is 0 Å². The molecule has 0 saturated heterocycles. The van der Waals surface area contributed by atoms with Crippen LogP contribution in [0.2, 0.25) is 0 Å². The normalized spacial score (nSPS) is 15.9. The molecular formula is C9H16N2S. The van der Waals surface area contributed by atoms with E-state index in [9.17, 15) is 0 Å². The lowest BCUT2D eigenvalue weighted by molar-refractivity contribution is 0.468. The summed E-state index contributed by atoms with van der Waals surface area (Å²) in [6, 6.07) is 0.962. The van der Waals surface area contributed by atoms with Crippen LogP contribution in [0.25, 0.3) is 0 Å². The number of hydrogen-bond donors (Lipinski definition) is 1. The fraction of sp³-hybridized carbons (Fsp3) is 0.667. The molecule has 2 atom stereocenters. The van der Waals surface area contributed by atoms with Crippen molar-refractivity contribution in [2.45, 2.75) is 39.3 Å². The second kappa shape index (κ2) is 4.58. The predicted molar refractivity (Wildman–Crippen MR) is 53.4 cm³/mol. The zero-order valence-corrected chi connectivity index (χ0v) is 8.69. The van der Waals surface area contributed by atoms with Gasteiger partial charge in [0, 0.05) is 17.6 Å². The number of hydrogen-bond acceptors (Lipinski definition) is 3. The second-order valence-electron chi connectivity index (χ2n) is 3.07. The number of nitrogens with zero attached hydrogens (tertiary/aromatic N) is 1. The highest BCUT2D eigenvalue weighted by Gasteiger charge is 2.09. The van der Waals surface area contributed by atoms with Crippen LogP contribution in [0.15, 0.2) is 11.6 Å². The SMILES string of the molecule is CC[C@@H](C)N[C@@H](C)c1nccs1. The monoisotopic (exact) mass is 184 g/mol. The second-order valence-corrected chi connectivity index (χ2v) is 3.99. The van der Waals surface area contributed by atoms with Gasteiger partial charge >= 0.3 is 0 Å². The summed E-state index contributed by atoms with van der Waals surface area (Å²) < 4.78 is 0. The van der Waals surface area contributed by atoms with E-state index in [1.807, 2.05) is 11.6 Å². The number of thiazole rings is 1. The first-order valence-electron chi connectivity index (χ1n) is 4.39. The molecule has 1 aromatic heterocycles. The Labute approximate surface area is 78.0 Å². The molecule has 0 aliphatic heterocycles. The summed E-state index contributed by atoms with van der Waals surface area (Å²) in [6.07, 6.45) is 3.02. The third kappa shape index (κ3) is 2.57. The summed E-state index contributed by atoms with van der Waals surface area (Å²) in [5.41, 5.74) is 0. The third-order valence-corrected chi connectivity index (χ3v) is 2.93. The molecule has 0 fully saturated rings. The first-order valence-corrected chi connectivity index (χ1v) is 5.27. The van der Waals surface area contributed by atoms with Crippen LogP contribution in [0.1, 0.15) is 38.2 Å². The first kappa shape index (κ1) is 9.68. The molecule has 0 aromatic carbocycles. The molecular weight excluding hydrogens is 168 g/mol. The molecule has 0 aliphatic carbocycles. The van der Waals surface area contributed by atoms with Gasteiger partial charge in [-0.1, -0.05) is 6.92 Å². The fourth-order valence-electron chi connectivity index (χ4n) is 1.06. The third-order valence-electron chi connectivity index (χ3n) is 1.97. The van der Waals surface area contributed by atoms with Crippen molar-refractivity contribution in [3.8, 4) is 0 Å². The standard InChI is InChI=1S/C9H16N2S/c1-4-7(2)11-8(3)9-10-5-6-12-9/h5-8,11H,4H2,1-3H3/t7-,8+/m1/s1. The minimum atomic E-state index is 0.389. The summed E-state index contributed by atoms with van der Waals surface area (Å²) in [6.45, 7) is 6.54. The zero-order valence-electron chi connectivity index (χ0n) is 7.87. The topological polar surface area (TPSA) is 24.9 Å². The minimum Gasteiger partial charge on any atom is -0.306 e. The van der Waals surface area contributed by atoms with Gasteiger partial charge in [-0.05, 0) is 20.3 Å². The van der Waals surface area contributed by atoms with Crippen LogP contribution in [0.4, 0.5) is 0 Å². The maximum absolute atomic E-state index is 4.26. The molecule has 0 aliphatic rings. The van der Waals surface area contributed by atoms with Gasteiger partial charge in [0.1, 0.15) is 5.01 Å². The van der Waals surface area contributed by atoms with E-state index in [0.29, 0.717) is 12.1 Å². The van der Waals surface area contributed by atoms with Crippen LogP contribution in [0.5, 0.6) is 0 Å². The van der Waals surface area contributed by atoms with Gasteiger partial charge in [-0.2, -0.15) is 0 Å². The minimum absolute atomic E-state index is 0.389. The molecule has 2 nitrogen and oxygen atoms in total. The van der Waals surface area contributed by atoms with E-state index < -0.39 is 0 Å². The number of nitrogens with one attached hydrogen (secondary N) is 1. The van der Waals surface area contributed by atoms with Crippen molar-refractivity contribution in [1.82, 2.24) is 10.3 Å². The highest BCUT2D eigenvalue weighted by atomic mass is 32.1. The Hall–Kier alpha value is -0.410. The van der Waals surface area contributed by atoms with E-state index in [1.165, 1.54) is 5.01 Å². The molecule has 0 bridgehead atoms. The van der Waals surface area contributed by atoms with Crippen molar-refractivity contribution in [2.75, 3.05) is 0 Å². The van der Waals surface area contributed by atoms with Gasteiger partial charge in [0.25, 0.3) is 0 Å². The zero-order chi connectivity index (χ0) is 8.97. The molecule has 0 saturated carbocycles. The van der Waals surface area contributed by atoms with E-state index in [1.54, 1.807) is 11.3 Å². The predicted octanol–water partition coefficient (Wildman–Crippen LogP) is 2.59. The Bertz CT molecular complexity index is 208. The van der Waals surface area contributed by atoms with Gasteiger partial charge in [-0.25, -0.2) is 4.98 Å². The van der Waals surface area contributed by atoms with Gasteiger partial charge in [0.2, 0.25) is 0 Å². The first-order chi connectivity index (χ1) is 5.74. The summed E-state index contributed by atoms with van der Waals surface area (Å²) in [7, 11) is 0. The van der Waals surface area contributed by atoms with Crippen LogP contribution >= 0.6 is 11.3 Å². The van der Waals surface area contributed by atoms with Gasteiger partial charge in [0.05, 0.1) is 6.04 Å². The highest BCUT2D eigenvalue weighted by Crippen LogP contribution is 2.15. The van der Waals surface area contributed by atoms with E-state index in [0.717, 1.165) is 6.42 Å². The molecule has 0 unspecified atom stereocenters. The van der Waals surface area contributed by atoms with Crippen molar-refractivity contribution in [3.05, 3.63) is 16.6 Å². The van der Waals surface area contributed by atoms with Crippen LogP contribution < -0.4 is 5.32 Å². The highest BCUT2D eigenvalue weighted by molar-refractivity contribution is 7.09. The molecule has 0 amide bonds. The Morgan fingerprint density at radius 1 is 1.58 bits per heavy atom. The lowest BCUT2D eigenvalue weighted by Gasteiger charge is -2.16. The number of aromatic nitrogens is 1. The fourth-order valence-corrected chi connectivity index (χ4v) is 1.72.